The fourth-order valence-electron chi connectivity index (χ4n) is 4.42. The van der Waals surface area contributed by atoms with E-state index in [0.717, 1.165) is 0 Å². The molecule has 2 aliphatic rings. The zero-order chi connectivity index (χ0) is 23.0. The molecule has 1 saturated heterocycles. The van der Waals surface area contributed by atoms with Crippen LogP contribution in [0.15, 0.2) is 42.5 Å². The lowest BCUT2D eigenvalue weighted by molar-refractivity contribution is -0.130. The molecule has 4 rings (SSSR count). The molecule has 2 aliphatic heterocycles. The molecule has 2 amide bonds. The molecule has 0 bridgehead atoms. The Balaban J connectivity index is 1.64. The molecule has 4 atom stereocenters. The van der Waals surface area contributed by atoms with Crippen LogP contribution in [0.3, 0.4) is 0 Å². The van der Waals surface area contributed by atoms with Crippen LogP contribution in [0.5, 0.6) is 0 Å². The third-order valence-corrected chi connectivity index (χ3v) is 6.00. The van der Waals surface area contributed by atoms with Crippen molar-refractivity contribution in [2.75, 3.05) is 17.2 Å². The fraction of sp³-hybridized carbons (Fsp3) is 0.348. The number of esters is 1. The highest BCUT2D eigenvalue weighted by Crippen LogP contribution is 2.47. The number of carbonyl (C=O) groups excluding carboxylic acids is 3. The number of aliphatic hydroxyl groups excluding tert-OH is 1. The maximum absolute atomic E-state index is 14.1. The Labute approximate surface area is 184 Å². The summed E-state index contributed by atoms with van der Waals surface area (Å²) in [5, 5.41) is 18.7. The largest absolute Gasteiger partial charge is 0.462 e. The van der Waals surface area contributed by atoms with Crippen molar-refractivity contribution in [3.63, 3.8) is 0 Å². The summed E-state index contributed by atoms with van der Waals surface area (Å²) in [4.78, 5) is 38.2. The van der Waals surface area contributed by atoms with E-state index in [1.807, 2.05) is 0 Å². The van der Waals surface area contributed by atoms with Crippen molar-refractivity contribution in [1.82, 2.24) is 5.32 Å². The second kappa shape index (κ2) is 8.33. The third-order valence-electron chi connectivity index (χ3n) is 6.00. The summed E-state index contributed by atoms with van der Waals surface area (Å²) in [5.41, 5.74) is 0.0259. The number of fused-ring (bicyclic) bond motifs is 2. The molecular weight excluding hydrogens is 417 g/mol. The summed E-state index contributed by atoms with van der Waals surface area (Å²) >= 11 is 0. The van der Waals surface area contributed by atoms with Gasteiger partial charge in [0.25, 0.3) is 0 Å². The Kier molecular flexibility index (Phi) is 5.70. The first kappa shape index (κ1) is 21.9. The lowest BCUT2D eigenvalue weighted by Gasteiger charge is -2.29. The Hall–Kier alpha value is -3.30. The van der Waals surface area contributed by atoms with Gasteiger partial charge >= 0.3 is 5.97 Å². The molecule has 4 unspecified atom stereocenters. The van der Waals surface area contributed by atoms with Crippen LogP contribution in [0.1, 0.15) is 36.2 Å². The minimum absolute atomic E-state index is 0.174. The van der Waals surface area contributed by atoms with E-state index in [9.17, 15) is 23.9 Å². The first-order valence-electron chi connectivity index (χ1n) is 10.4. The Morgan fingerprint density at radius 3 is 2.66 bits per heavy atom. The van der Waals surface area contributed by atoms with Crippen LogP contribution >= 0.6 is 0 Å². The van der Waals surface area contributed by atoms with Gasteiger partial charge in [-0.3, -0.25) is 14.9 Å². The van der Waals surface area contributed by atoms with Gasteiger partial charge in [0.1, 0.15) is 11.4 Å². The molecule has 0 radical (unpaired) electrons. The lowest BCUT2D eigenvalue weighted by atomic mass is 9.79. The number of anilines is 2. The first-order chi connectivity index (χ1) is 15.3. The van der Waals surface area contributed by atoms with Gasteiger partial charge in [-0.2, -0.15) is 0 Å². The molecule has 32 heavy (non-hydrogen) atoms. The monoisotopic (exact) mass is 441 g/mol. The number of carbonyl (C=O) groups is 3. The van der Waals surface area contributed by atoms with Gasteiger partial charge in [0.05, 0.1) is 24.2 Å². The second-order valence-corrected chi connectivity index (χ2v) is 8.02. The highest BCUT2D eigenvalue weighted by atomic mass is 19.1. The zero-order valence-corrected chi connectivity index (χ0v) is 17.6. The van der Waals surface area contributed by atoms with E-state index in [0.29, 0.717) is 22.5 Å². The van der Waals surface area contributed by atoms with Crippen LogP contribution in [0.4, 0.5) is 15.8 Å². The Morgan fingerprint density at radius 2 is 2.00 bits per heavy atom. The van der Waals surface area contributed by atoms with Gasteiger partial charge in [-0.05, 0) is 62.7 Å². The topological polar surface area (TPSA) is 117 Å². The Morgan fingerprint density at radius 1 is 1.28 bits per heavy atom. The molecule has 0 aromatic heterocycles. The molecule has 2 heterocycles. The van der Waals surface area contributed by atoms with Crippen molar-refractivity contribution in [2.45, 2.75) is 38.0 Å². The molecule has 4 N–H and O–H groups in total. The summed E-state index contributed by atoms with van der Waals surface area (Å²) in [5.74, 6) is -2.84. The van der Waals surface area contributed by atoms with Crippen LogP contribution in [0.25, 0.3) is 0 Å². The fourth-order valence-corrected chi connectivity index (χ4v) is 4.42. The van der Waals surface area contributed by atoms with Gasteiger partial charge in [0.2, 0.25) is 11.8 Å². The van der Waals surface area contributed by atoms with Crippen LogP contribution in [0.2, 0.25) is 0 Å². The van der Waals surface area contributed by atoms with Crippen LogP contribution < -0.4 is 16.0 Å². The van der Waals surface area contributed by atoms with Crippen molar-refractivity contribution in [2.24, 2.45) is 5.92 Å². The standard InChI is InChI=1S/C23H24FN3O5/c1-3-32-21(30)13-4-7-15(8-5-13)25-20(29)17-11-19(12(2)28)27-23(17)16-10-14(24)6-9-18(16)26-22(23)31/h4-10,12,17,19,27-28H,3,11H2,1-2H3,(H,25,29)(H,26,31). The molecular formula is C23H24FN3O5. The third kappa shape index (κ3) is 3.63. The number of benzene rings is 2. The number of rotatable bonds is 5. The van der Waals surface area contributed by atoms with Crippen molar-refractivity contribution >= 4 is 29.2 Å². The molecule has 0 saturated carbocycles. The maximum Gasteiger partial charge on any atom is 0.338 e. The van der Waals surface area contributed by atoms with Gasteiger partial charge in [0, 0.05) is 23.0 Å². The summed E-state index contributed by atoms with van der Waals surface area (Å²) in [7, 11) is 0. The number of halogens is 1. The molecule has 2 aromatic rings. The lowest BCUT2D eigenvalue weighted by Crippen LogP contribution is -2.53. The smallest absolute Gasteiger partial charge is 0.338 e. The summed E-state index contributed by atoms with van der Waals surface area (Å²) in [6.07, 6.45) is -0.660. The molecule has 2 aromatic carbocycles. The van der Waals surface area contributed by atoms with E-state index >= 15 is 0 Å². The molecule has 8 nitrogen and oxygen atoms in total. The van der Waals surface area contributed by atoms with E-state index in [4.69, 9.17) is 4.74 Å². The van der Waals surface area contributed by atoms with Gasteiger partial charge in [0.15, 0.2) is 0 Å². The van der Waals surface area contributed by atoms with Gasteiger partial charge < -0.3 is 20.5 Å². The minimum atomic E-state index is -1.51. The first-order valence-corrected chi connectivity index (χ1v) is 10.4. The summed E-state index contributed by atoms with van der Waals surface area (Å²) in [6.45, 7) is 3.53. The molecule has 1 spiro atoms. The molecule has 0 aliphatic carbocycles. The predicted octanol–water partition coefficient (Wildman–Crippen LogP) is 2.15. The van der Waals surface area contributed by atoms with Crippen LogP contribution in [-0.4, -0.2) is 41.6 Å². The van der Waals surface area contributed by atoms with Gasteiger partial charge in [-0.25, -0.2) is 9.18 Å². The maximum atomic E-state index is 14.1. The minimum Gasteiger partial charge on any atom is -0.462 e. The van der Waals surface area contributed by atoms with Crippen molar-refractivity contribution in [3.8, 4) is 0 Å². The van der Waals surface area contributed by atoms with Crippen LogP contribution in [-0.2, 0) is 19.9 Å². The summed E-state index contributed by atoms with van der Waals surface area (Å²) < 4.78 is 19.0. The number of nitrogens with one attached hydrogen (secondary N) is 3. The zero-order valence-electron chi connectivity index (χ0n) is 17.6. The molecule has 1 fully saturated rings. The van der Waals surface area contributed by atoms with Gasteiger partial charge in [-0.1, -0.05) is 0 Å². The second-order valence-electron chi connectivity index (χ2n) is 8.02. The Bertz CT molecular complexity index is 1070. The summed E-state index contributed by atoms with van der Waals surface area (Å²) in [6, 6.07) is 9.57. The molecule has 168 valence electrons. The normalized spacial score (nSPS) is 24.7. The van der Waals surface area contributed by atoms with E-state index < -0.39 is 47.2 Å². The number of hydrogen-bond acceptors (Lipinski definition) is 6. The van der Waals surface area contributed by atoms with Gasteiger partial charge in [-0.15, -0.1) is 0 Å². The van der Waals surface area contributed by atoms with Crippen molar-refractivity contribution in [3.05, 3.63) is 59.4 Å². The molecule has 9 heteroatoms. The highest BCUT2D eigenvalue weighted by molar-refractivity contribution is 6.10. The van der Waals surface area contributed by atoms with E-state index in [-0.39, 0.29) is 13.0 Å². The van der Waals surface area contributed by atoms with Crippen molar-refractivity contribution < 1.29 is 28.6 Å². The average Bonchev–Trinajstić information content (AvgIpc) is 3.29. The van der Waals surface area contributed by atoms with E-state index in [2.05, 4.69) is 16.0 Å². The quantitative estimate of drug-likeness (QED) is 0.529. The number of aliphatic hydroxyl groups is 1. The average molecular weight is 441 g/mol. The number of amides is 2. The predicted molar refractivity (Wildman–Crippen MR) is 114 cm³/mol. The van der Waals surface area contributed by atoms with Crippen molar-refractivity contribution in [1.29, 1.82) is 0 Å². The van der Waals surface area contributed by atoms with E-state index in [1.54, 1.807) is 26.0 Å². The number of ether oxygens (including phenoxy) is 1. The highest BCUT2D eigenvalue weighted by Gasteiger charge is 2.60. The van der Waals surface area contributed by atoms with E-state index in [1.165, 1.54) is 30.3 Å². The number of hydrogen-bond donors (Lipinski definition) is 4. The van der Waals surface area contributed by atoms with Crippen LogP contribution in [0, 0.1) is 11.7 Å². The SMILES string of the molecule is CCOC(=O)c1ccc(NC(=O)C2CC(C(C)O)NC23C(=O)Nc2ccc(F)cc23)cc1.